The lowest BCUT2D eigenvalue weighted by molar-refractivity contribution is -0.153. The van der Waals surface area contributed by atoms with Gasteiger partial charge < -0.3 is 4.90 Å². The van der Waals surface area contributed by atoms with Crippen LogP contribution in [0.1, 0.15) is 47.5 Å². The normalized spacial score (nSPS) is 19.9. The first-order chi connectivity index (χ1) is 9.87. The van der Waals surface area contributed by atoms with Gasteiger partial charge in [-0.25, -0.2) is 4.79 Å². The summed E-state index contributed by atoms with van der Waals surface area (Å²) < 4.78 is 0. The van der Waals surface area contributed by atoms with Gasteiger partial charge in [-0.1, -0.05) is 27.7 Å². The second-order valence-electron chi connectivity index (χ2n) is 5.56. The predicted molar refractivity (Wildman–Crippen MR) is 80.6 cm³/mol. The van der Waals surface area contributed by atoms with E-state index in [2.05, 4.69) is 10.2 Å². The number of rotatable bonds is 7. The predicted octanol–water partition coefficient (Wildman–Crippen LogP) is 1.60. The van der Waals surface area contributed by atoms with Gasteiger partial charge in [0.2, 0.25) is 11.8 Å². The quantitative estimate of drug-likeness (QED) is 0.725. The summed E-state index contributed by atoms with van der Waals surface area (Å²) in [7, 11) is 0. The first-order valence-electron chi connectivity index (χ1n) is 7.79. The van der Waals surface area contributed by atoms with Gasteiger partial charge in [-0.2, -0.15) is 0 Å². The van der Waals surface area contributed by atoms with Crippen LogP contribution in [-0.2, 0) is 9.59 Å². The zero-order chi connectivity index (χ0) is 16.2. The summed E-state index contributed by atoms with van der Waals surface area (Å²) in [5, 5.41) is 2.35. The molecule has 0 aromatic rings. The van der Waals surface area contributed by atoms with Crippen molar-refractivity contribution in [1.29, 1.82) is 0 Å². The molecule has 1 atom stereocenters. The zero-order valence-electron chi connectivity index (χ0n) is 13.7. The lowest BCUT2D eigenvalue weighted by Gasteiger charge is -2.41. The van der Waals surface area contributed by atoms with E-state index in [4.69, 9.17) is 0 Å². The Labute approximate surface area is 126 Å². The minimum absolute atomic E-state index is 0.261. The van der Waals surface area contributed by atoms with Crippen molar-refractivity contribution in [2.75, 3.05) is 19.6 Å². The highest BCUT2D eigenvalue weighted by Gasteiger charge is 2.52. The minimum atomic E-state index is -1.11. The topological polar surface area (TPSA) is 69.7 Å². The number of carbonyl (C=O) groups is 3. The van der Waals surface area contributed by atoms with Crippen molar-refractivity contribution in [3.8, 4) is 0 Å². The molecule has 6 heteroatoms. The number of hydrogen-bond donors (Lipinski definition) is 1. The van der Waals surface area contributed by atoms with Crippen LogP contribution in [0, 0.1) is 5.41 Å². The van der Waals surface area contributed by atoms with Crippen molar-refractivity contribution in [2.24, 2.45) is 5.41 Å². The second-order valence-corrected chi connectivity index (χ2v) is 5.56. The average molecular weight is 297 g/mol. The Morgan fingerprint density at radius 3 is 2.05 bits per heavy atom. The van der Waals surface area contributed by atoms with Crippen LogP contribution in [0.2, 0.25) is 0 Å². The fourth-order valence-corrected chi connectivity index (χ4v) is 2.91. The summed E-state index contributed by atoms with van der Waals surface area (Å²) >= 11 is 0. The van der Waals surface area contributed by atoms with Crippen molar-refractivity contribution in [1.82, 2.24) is 15.1 Å². The fourth-order valence-electron chi connectivity index (χ4n) is 2.91. The molecule has 1 fully saturated rings. The molecule has 0 aliphatic carbocycles. The van der Waals surface area contributed by atoms with Gasteiger partial charge in [-0.15, -0.1) is 0 Å². The first-order valence-corrected chi connectivity index (χ1v) is 7.79. The fraction of sp³-hybridized carbons (Fsp3) is 0.800. The van der Waals surface area contributed by atoms with E-state index < -0.39 is 17.4 Å². The highest BCUT2D eigenvalue weighted by Crippen LogP contribution is 2.33. The van der Waals surface area contributed by atoms with Crippen LogP contribution in [0.4, 0.5) is 4.79 Å². The molecule has 1 N–H and O–H groups in total. The number of imide groups is 2. The van der Waals surface area contributed by atoms with E-state index in [9.17, 15) is 14.4 Å². The van der Waals surface area contributed by atoms with Gasteiger partial charge in [-0.3, -0.25) is 19.8 Å². The third-order valence-corrected chi connectivity index (χ3v) is 4.57. The van der Waals surface area contributed by atoms with Gasteiger partial charge in [0.25, 0.3) is 0 Å². The number of carbonyl (C=O) groups excluding carboxylic acids is 3. The maximum absolute atomic E-state index is 12.8. The molecule has 6 nitrogen and oxygen atoms in total. The van der Waals surface area contributed by atoms with E-state index in [-0.39, 0.29) is 11.9 Å². The largest absolute Gasteiger partial charge is 0.331 e. The number of barbiturate groups is 1. The Hall–Kier alpha value is -1.43. The van der Waals surface area contributed by atoms with E-state index >= 15 is 0 Å². The van der Waals surface area contributed by atoms with Gasteiger partial charge in [0, 0.05) is 6.54 Å². The molecule has 1 rings (SSSR count). The summed E-state index contributed by atoms with van der Waals surface area (Å²) in [5.74, 6) is -0.824. The molecule has 0 aromatic carbocycles. The summed E-state index contributed by atoms with van der Waals surface area (Å²) in [6.07, 6.45) is 0.797. The maximum atomic E-state index is 12.8. The standard InChI is InChI=1S/C15H27N3O3/c1-6-15(7-2)12(19)16-14(21)18(13(15)20)11(5)10-17(8-3)9-4/h11H,6-10H2,1-5H3,(H,16,19,21). The molecule has 0 bridgehead atoms. The van der Waals surface area contributed by atoms with Gasteiger partial charge in [0.15, 0.2) is 0 Å². The van der Waals surface area contributed by atoms with Crippen LogP contribution in [0.25, 0.3) is 0 Å². The van der Waals surface area contributed by atoms with Crippen LogP contribution < -0.4 is 5.32 Å². The van der Waals surface area contributed by atoms with Gasteiger partial charge in [0.1, 0.15) is 5.41 Å². The Bertz CT molecular complexity index is 414. The Morgan fingerprint density at radius 1 is 1.10 bits per heavy atom. The number of amides is 4. The van der Waals surface area contributed by atoms with Crippen LogP contribution in [-0.4, -0.2) is 53.3 Å². The van der Waals surface area contributed by atoms with Crippen LogP contribution in [0.15, 0.2) is 0 Å². The molecule has 4 amide bonds. The molecule has 0 aromatic heterocycles. The molecular formula is C15H27N3O3. The highest BCUT2D eigenvalue weighted by molar-refractivity contribution is 6.19. The molecule has 0 radical (unpaired) electrons. The van der Waals surface area contributed by atoms with E-state index in [1.807, 2.05) is 34.6 Å². The van der Waals surface area contributed by atoms with Gasteiger partial charge in [-0.05, 0) is 32.9 Å². The average Bonchev–Trinajstić information content (AvgIpc) is 2.45. The second kappa shape index (κ2) is 7.02. The zero-order valence-corrected chi connectivity index (χ0v) is 13.7. The molecule has 1 heterocycles. The number of urea groups is 1. The summed E-state index contributed by atoms with van der Waals surface area (Å²) in [4.78, 5) is 40.3. The Morgan fingerprint density at radius 2 is 1.62 bits per heavy atom. The monoisotopic (exact) mass is 297 g/mol. The SMILES string of the molecule is CCN(CC)CC(C)N1C(=O)NC(=O)C(CC)(CC)C1=O. The first kappa shape index (κ1) is 17.6. The summed E-state index contributed by atoms with van der Waals surface area (Å²) in [6.45, 7) is 11.9. The van der Waals surface area contributed by atoms with Crippen molar-refractivity contribution >= 4 is 17.8 Å². The van der Waals surface area contributed by atoms with E-state index in [1.54, 1.807) is 0 Å². The summed E-state index contributed by atoms with van der Waals surface area (Å²) in [5.41, 5.74) is -1.11. The van der Waals surface area contributed by atoms with E-state index in [1.165, 1.54) is 4.90 Å². The molecule has 0 saturated carbocycles. The highest BCUT2D eigenvalue weighted by atomic mass is 16.2. The van der Waals surface area contributed by atoms with Crippen molar-refractivity contribution < 1.29 is 14.4 Å². The number of nitrogens with zero attached hydrogens (tertiary/aromatic N) is 2. The lowest BCUT2D eigenvalue weighted by Crippen LogP contribution is -2.66. The molecule has 1 unspecified atom stereocenters. The number of nitrogens with one attached hydrogen (secondary N) is 1. The molecule has 0 spiro atoms. The van der Waals surface area contributed by atoms with E-state index in [0.29, 0.717) is 19.4 Å². The maximum Gasteiger partial charge on any atom is 0.331 e. The minimum Gasteiger partial charge on any atom is -0.302 e. The molecular weight excluding hydrogens is 270 g/mol. The van der Waals surface area contributed by atoms with Crippen LogP contribution >= 0.6 is 0 Å². The van der Waals surface area contributed by atoms with Crippen molar-refractivity contribution in [3.05, 3.63) is 0 Å². The van der Waals surface area contributed by atoms with Gasteiger partial charge >= 0.3 is 6.03 Å². The molecule has 1 aliphatic heterocycles. The smallest absolute Gasteiger partial charge is 0.302 e. The summed E-state index contributed by atoms with van der Waals surface area (Å²) in [6, 6.07) is -0.856. The van der Waals surface area contributed by atoms with Crippen LogP contribution in [0.5, 0.6) is 0 Å². The third kappa shape index (κ3) is 3.10. The molecule has 1 aliphatic rings. The van der Waals surface area contributed by atoms with Crippen molar-refractivity contribution in [3.63, 3.8) is 0 Å². The molecule has 1 saturated heterocycles. The van der Waals surface area contributed by atoms with Crippen molar-refractivity contribution in [2.45, 2.75) is 53.5 Å². The Kier molecular flexibility index (Phi) is 5.89. The third-order valence-electron chi connectivity index (χ3n) is 4.57. The van der Waals surface area contributed by atoms with E-state index in [0.717, 1.165) is 13.1 Å². The number of likely N-dealkylation sites (N-methyl/N-ethyl adjacent to an activating group) is 1. The molecule has 120 valence electrons. The lowest BCUT2D eigenvalue weighted by atomic mass is 9.78. The van der Waals surface area contributed by atoms with Gasteiger partial charge in [0.05, 0.1) is 6.04 Å². The molecule has 21 heavy (non-hydrogen) atoms. The number of hydrogen-bond acceptors (Lipinski definition) is 4. The Balaban J connectivity index is 3.02. The van der Waals surface area contributed by atoms with Crippen LogP contribution in [0.3, 0.4) is 0 Å².